The molecular formula is C13H18N2OS. The molecule has 0 aliphatic carbocycles. The van der Waals surface area contributed by atoms with Crippen molar-refractivity contribution in [1.29, 1.82) is 0 Å². The molecule has 4 heteroatoms. The summed E-state index contributed by atoms with van der Waals surface area (Å²) in [6, 6.07) is 2.53. The van der Waals surface area contributed by atoms with Crippen LogP contribution in [0.5, 0.6) is 0 Å². The van der Waals surface area contributed by atoms with Gasteiger partial charge in [-0.1, -0.05) is 6.08 Å². The van der Waals surface area contributed by atoms with E-state index in [2.05, 4.69) is 35.2 Å². The molecule has 0 fully saturated rings. The fourth-order valence-corrected chi connectivity index (χ4v) is 3.17. The first-order valence-corrected chi connectivity index (χ1v) is 6.78. The molecule has 1 aliphatic rings. The summed E-state index contributed by atoms with van der Waals surface area (Å²) in [5.74, 6) is 0.0791. The highest BCUT2D eigenvalue weighted by Crippen LogP contribution is 2.32. The molecule has 0 radical (unpaired) electrons. The largest absolute Gasteiger partial charge is 0.352 e. The van der Waals surface area contributed by atoms with E-state index in [0.29, 0.717) is 19.1 Å². The molecule has 92 valence electrons. The van der Waals surface area contributed by atoms with Gasteiger partial charge in [-0.15, -0.1) is 17.9 Å². The van der Waals surface area contributed by atoms with E-state index in [1.807, 2.05) is 11.3 Å². The number of fused-ring (bicyclic) bond motifs is 1. The predicted octanol–water partition coefficient (Wildman–Crippen LogP) is 1.97. The van der Waals surface area contributed by atoms with Crippen LogP contribution in [0.3, 0.4) is 0 Å². The second kappa shape index (κ2) is 5.47. The third kappa shape index (κ3) is 2.76. The van der Waals surface area contributed by atoms with Crippen LogP contribution in [0.1, 0.15) is 23.4 Å². The number of amides is 1. The lowest BCUT2D eigenvalue weighted by molar-refractivity contribution is -0.122. The number of hydrogen-bond donors (Lipinski definition) is 1. The summed E-state index contributed by atoms with van der Waals surface area (Å²) in [5.41, 5.74) is 1.39. The Morgan fingerprint density at radius 1 is 1.76 bits per heavy atom. The second-order valence-electron chi connectivity index (χ2n) is 4.29. The number of thiophene rings is 1. The van der Waals surface area contributed by atoms with Gasteiger partial charge in [0.05, 0.1) is 6.54 Å². The van der Waals surface area contributed by atoms with Crippen LogP contribution in [-0.4, -0.2) is 30.4 Å². The maximum Gasteiger partial charge on any atom is 0.234 e. The summed E-state index contributed by atoms with van der Waals surface area (Å²) >= 11 is 1.82. The summed E-state index contributed by atoms with van der Waals surface area (Å²) in [4.78, 5) is 15.4. The average Bonchev–Trinajstić information content (AvgIpc) is 2.79. The van der Waals surface area contributed by atoms with Gasteiger partial charge in [0.15, 0.2) is 0 Å². The fourth-order valence-electron chi connectivity index (χ4n) is 2.20. The van der Waals surface area contributed by atoms with Gasteiger partial charge in [0, 0.05) is 24.0 Å². The summed E-state index contributed by atoms with van der Waals surface area (Å²) in [7, 11) is 0. The normalized spacial score (nSPS) is 19.7. The molecule has 1 atom stereocenters. The molecule has 2 rings (SSSR count). The van der Waals surface area contributed by atoms with Crippen molar-refractivity contribution >= 4 is 17.2 Å². The van der Waals surface area contributed by atoms with Gasteiger partial charge < -0.3 is 5.32 Å². The Morgan fingerprint density at radius 3 is 3.35 bits per heavy atom. The molecule has 17 heavy (non-hydrogen) atoms. The molecule has 3 nitrogen and oxygen atoms in total. The zero-order chi connectivity index (χ0) is 12.3. The minimum absolute atomic E-state index is 0.0791. The van der Waals surface area contributed by atoms with Gasteiger partial charge in [0.25, 0.3) is 0 Å². The molecule has 0 bridgehead atoms. The summed E-state index contributed by atoms with van der Waals surface area (Å²) in [6.07, 6.45) is 2.76. The number of carbonyl (C=O) groups excluding carboxylic acids is 1. The van der Waals surface area contributed by atoms with Crippen molar-refractivity contribution in [2.24, 2.45) is 0 Å². The van der Waals surface area contributed by atoms with Crippen molar-refractivity contribution in [2.75, 3.05) is 19.6 Å². The molecule has 2 heterocycles. The first kappa shape index (κ1) is 12.3. The van der Waals surface area contributed by atoms with Gasteiger partial charge in [-0.3, -0.25) is 9.69 Å². The first-order valence-electron chi connectivity index (χ1n) is 5.90. The van der Waals surface area contributed by atoms with E-state index in [4.69, 9.17) is 0 Å². The van der Waals surface area contributed by atoms with Crippen molar-refractivity contribution < 1.29 is 4.79 Å². The van der Waals surface area contributed by atoms with E-state index < -0.39 is 0 Å². The molecule has 1 amide bonds. The second-order valence-corrected chi connectivity index (χ2v) is 5.29. The third-order valence-electron chi connectivity index (χ3n) is 3.19. The topological polar surface area (TPSA) is 32.3 Å². The minimum Gasteiger partial charge on any atom is -0.352 e. The van der Waals surface area contributed by atoms with Crippen LogP contribution in [-0.2, 0) is 11.2 Å². The maximum atomic E-state index is 11.7. The highest BCUT2D eigenvalue weighted by molar-refractivity contribution is 7.10. The minimum atomic E-state index is 0.0791. The van der Waals surface area contributed by atoms with Gasteiger partial charge >= 0.3 is 0 Å². The number of nitrogens with one attached hydrogen (secondary N) is 1. The van der Waals surface area contributed by atoms with Crippen LogP contribution in [0, 0.1) is 0 Å². The molecule has 0 saturated carbocycles. The van der Waals surface area contributed by atoms with Crippen LogP contribution in [0.15, 0.2) is 24.1 Å². The Kier molecular flexibility index (Phi) is 3.97. The van der Waals surface area contributed by atoms with Crippen molar-refractivity contribution in [3.05, 3.63) is 34.5 Å². The molecule has 0 spiro atoms. The monoisotopic (exact) mass is 250 g/mol. The number of hydrogen-bond acceptors (Lipinski definition) is 3. The van der Waals surface area contributed by atoms with Crippen molar-refractivity contribution in [3.8, 4) is 0 Å². The number of carbonyl (C=O) groups is 1. The summed E-state index contributed by atoms with van der Waals surface area (Å²) < 4.78 is 0. The molecule has 0 unspecified atom stereocenters. The van der Waals surface area contributed by atoms with Crippen LogP contribution in [0.25, 0.3) is 0 Å². The SMILES string of the molecule is C=CCNC(=O)CN1CCc2sccc2[C@@H]1C. The first-order chi connectivity index (χ1) is 8.22. The Balaban J connectivity index is 1.95. The van der Waals surface area contributed by atoms with E-state index in [9.17, 15) is 4.79 Å². The highest BCUT2D eigenvalue weighted by atomic mass is 32.1. The van der Waals surface area contributed by atoms with Gasteiger partial charge in [-0.25, -0.2) is 0 Å². The zero-order valence-corrected chi connectivity index (χ0v) is 10.9. The molecule has 1 aromatic rings. The highest BCUT2D eigenvalue weighted by Gasteiger charge is 2.25. The molecule has 0 saturated heterocycles. The Hall–Kier alpha value is -1.13. The van der Waals surface area contributed by atoms with Crippen LogP contribution >= 0.6 is 11.3 Å². The number of rotatable bonds is 4. The van der Waals surface area contributed by atoms with Crippen molar-refractivity contribution in [2.45, 2.75) is 19.4 Å². The van der Waals surface area contributed by atoms with E-state index in [0.717, 1.165) is 13.0 Å². The molecule has 0 aromatic carbocycles. The Bertz CT molecular complexity index is 413. The number of nitrogens with zero attached hydrogens (tertiary/aromatic N) is 1. The van der Waals surface area contributed by atoms with E-state index in [-0.39, 0.29) is 5.91 Å². The fraction of sp³-hybridized carbons (Fsp3) is 0.462. The lowest BCUT2D eigenvalue weighted by Crippen LogP contribution is -2.41. The molecule has 1 N–H and O–H groups in total. The Morgan fingerprint density at radius 2 is 2.59 bits per heavy atom. The average molecular weight is 250 g/mol. The molecule has 1 aromatic heterocycles. The van der Waals surface area contributed by atoms with Gasteiger partial charge in [0.2, 0.25) is 5.91 Å². The zero-order valence-electron chi connectivity index (χ0n) is 10.1. The van der Waals surface area contributed by atoms with E-state index in [1.54, 1.807) is 6.08 Å². The summed E-state index contributed by atoms with van der Waals surface area (Å²) in [5, 5.41) is 4.96. The van der Waals surface area contributed by atoms with Crippen molar-refractivity contribution in [3.63, 3.8) is 0 Å². The quantitative estimate of drug-likeness (QED) is 0.829. The van der Waals surface area contributed by atoms with Crippen LogP contribution < -0.4 is 5.32 Å². The molecular weight excluding hydrogens is 232 g/mol. The Labute approximate surface area is 106 Å². The van der Waals surface area contributed by atoms with Gasteiger partial charge in [-0.2, -0.15) is 0 Å². The predicted molar refractivity (Wildman–Crippen MR) is 71.2 cm³/mol. The lowest BCUT2D eigenvalue weighted by Gasteiger charge is -2.32. The summed E-state index contributed by atoms with van der Waals surface area (Å²) in [6.45, 7) is 7.75. The smallest absolute Gasteiger partial charge is 0.234 e. The van der Waals surface area contributed by atoms with Gasteiger partial charge in [-0.05, 0) is 30.4 Å². The van der Waals surface area contributed by atoms with Crippen LogP contribution in [0.4, 0.5) is 0 Å². The van der Waals surface area contributed by atoms with Gasteiger partial charge in [0.1, 0.15) is 0 Å². The lowest BCUT2D eigenvalue weighted by atomic mass is 10.0. The maximum absolute atomic E-state index is 11.7. The molecule has 1 aliphatic heterocycles. The van der Waals surface area contributed by atoms with Crippen LogP contribution in [0.2, 0.25) is 0 Å². The third-order valence-corrected chi connectivity index (χ3v) is 4.19. The van der Waals surface area contributed by atoms with E-state index >= 15 is 0 Å². The van der Waals surface area contributed by atoms with Crippen molar-refractivity contribution in [1.82, 2.24) is 10.2 Å². The standard InChI is InChI=1S/C13H18N2OS/c1-3-6-14-13(16)9-15-7-4-12-11(10(15)2)5-8-17-12/h3,5,8,10H,1,4,6-7,9H2,2H3,(H,14,16)/t10-/m0/s1. The van der Waals surface area contributed by atoms with E-state index in [1.165, 1.54) is 10.4 Å².